The number of anilines is 2. The molecular formula is C59H82N12O16P2. The third-order valence-corrected chi connectivity index (χ3v) is 18.4. The summed E-state index contributed by atoms with van der Waals surface area (Å²) in [6, 6.07) is 25.0. The van der Waals surface area contributed by atoms with E-state index in [1.807, 2.05) is 33.8 Å². The van der Waals surface area contributed by atoms with Gasteiger partial charge in [0.25, 0.3) is 0 Å². The van der Waals surface area contributed by atoms with Crippen molar-refractivity contribution in [1.82, 2.24) is 39.4 Å². The summed E-state index contributed by atoms with van der Waals surface area (Å²) in [5.41, 5.74) is 9.45. The van der Waals surface area contributed by atoms with E-state index in [1.165, 1.54) is 41.6 Å². The molecule has 0 amide bonds. The summed E-state index contributed by atoms with van der Waals surface area (Å²) in [6.07, 6.45) is -1.54. The molecule has 3 aliphatic rings. The summed E-state index contributed by atoms with van der Waals surface area (Å²) in [4.78, 5) is 33.4. The predicted octanol–water partition coefficient (Wildman–Crippen LogP) is 7.69. The smallest absolute Gasteiger partial charge is 0.459 e. The molecule has 0 unspecified atom stereocenters. The van der Waals surface area contributed by atoms with Gasteiger partial charge in [-0.1, -0.05) is 105 Å². The standard InChI is InChI=1S/C30H39N6O8P.C27H35N6O8P.2CH4/c1-6-20(7-2)15-39-28(37)19(3)35-45(38,44-21-11-9-8-10-12-21)40-16-23-25-26(43-29(4,5)42-25)30(17-31,41-23)24-14-13-22-27(32)33-18-34-36(22)24;1-4-18(5-2)13-38-26(36)17(3)32-42(37,41-19-9-7-6-8-10-19)39-14-21-23(34)24(35)27(15-28,40-21)22-12-11-20-25(29)30-16-31-33(20)22;;/h8-14,18-20,23,25-26H,6-7,15-16H2,1-5H3,(H,35,38)(H2,32,33,34);6-12,16-18,21,23-24,34-35H,4-5,13-14H2,1-3H3,(H,32,37)(H2,29,30,31);2*1H4/t19-,23+,25+,26+,30-,45-;17-,21+,23+,24+,27-,42-;;/m00../s1. The van der Waals surface area contributed by atoms with Gasteiger partial charge in [-0.2, -0.15) is 30.9 Å². The summed E-state index contributed by atoms with van der Waals surface area (Å²) in [5, 5.41) is 56.3. The number of aliphatic hydroxyl groups is 2. The Bertz CT molecular complexity index is 3510. The van der Waals surface area contributed by atoms with Gasteiger partial charge in [0.15, 0.2) is 17.4 Å². The number of nitrogens with zero attached hydrogens (tertiary/aromatic N) is 8. The molecule has 2 aromatic carbocycles. The van der Waals surface area contributed by atoms with Crippen LogP contribution in [0.25, 0.3) is 11.0 Å². The third kappa shape index (κ3) is 15.7. The monoisotopic (exact) mass is 1280 g/mol. The van der Waals surface area contributed by atoms with Gasteiger partial charge in [0.1, 0.15) is 96.0 Å². The number of nitrogen functional groups attached to an aromatic ring is 2. The Kier molecular flexibility index (Phi) is 24.0. The molecule has 89 heavy (non-hydrogen) atoms. The van der Waals surface area contributed by atoms with E-state index < -0.39 is 99.7 Å². The lowest BCUT2D eigenvalue weighted by molar-refractivity contribution is -0.204. The fraction of sp³-hybridized carbons (Fsp3) is 0.525. The lowest BCUT2D eigenvalue weighted by Gasteiger charge is -2.29. The number of hydrogen-bond acceptors (Lipinski definition) is 24. The Labute approximate surface area is 517 Å². The van der Waals surface area contributed by atoms with E-state index >= 15 is 0 Å². The molecule has 484 valence electrons. The van der Waals surface area contributed by atoms with Gasteiger partial charge in [0.05, 0.1) is 37.8 Å². The largest absolute Gasteiger partial charge is 0.464 e. The molecule has 3 aliphatic heterocycles. The van der Waals surface area contributed by atoms with Crippen molar-refractivity contribution in [1.29, 1.82) is 10.5 Å². The van der Waals surface area contributed by atoms with Crippen molar-refractivity contribution in [3.63, 3.8) is 0 Å². The van der Waals surface area contributed by atoms with Gasteiger partial charge in [0, 0.05) is 0 Å². The van der Waals surface area contributed by atoms with Crippen molar-refractivity contribution >= 4 is 50.1 Å². The van der Waals surface area contributed by atoms with Crippen LogP contribution in [0.1, 0.15) is 107 Å². The highest BCUT2D eigenvalue weighted by atomic mass is 31.2. The first-order chi connectivity index (χ1) is 41.5. The van der Waals surface area contributed by atoms with Gasteiger partial charge in [0.2, 0.25) is 11.2 Å². The summed E-state index contributed by atoms with van der Waals surface area (Å²) in [7, 11) is -8.56. The van der Waals surface area contributed by atoms with Crippen molar-refractivity contribution in [2.75, 3.05) is 37.9 Å². The Hall–Kier alpha value is -7.14. The van der Waals surface area contributed by atoms with Gasteiger partial charge in [-0.3, -0.25) is 18.6 Å². The third-order valence-electron chi connectivity index (χ3n) is 15.1. The van der Waals surface area contributed by atoms with Gasteiger partial charge >= 0.3 is 27.4 Å². The molecule has 8 N–H and O–H groups in total. The van der Waals surface area contributed by atoms with Crippen molar-refractivity contribution < 1.29 is 75.4 Å². The SMILES string of the molecule is C.C.CCC(CC)COC(=O)[C@H](C)N[P@](=O)(OC[C@H]1O[C@@](C#N)(c2ccc3c(N)ncnn23)[C@@H]2OC(C)(C)O[C@@H]21)Oc1ccccc1.CCC(CC)COC(=O)[C@H](C)N[P@](=O)(OC[C@H]1O[C@@](C#N)(c2ccc3c(N)ncnn23)[C@H](O)[C@@H]1O)Oc1ccccc1. The van der Waals surface area contributed by atoms with Crippen molar-refractivity contribution in [2.24, 2.45) is 11.8 Å². The molecule has 28 nitrogen and oxygen atoms in total. The van der Waals surface area contributed by atoms with Crippen molar-refractivity contribution in [2.45, 2.75) is 162 Å². The number of nitriles is 2. The molecule has 3 saturated heterocycles. The van der Waals surface area contributed by atoms with E-state index in [0.717, 1.165) is 25.7 Å². The van der Waals surface area contributed by atoms with Gasteiger partial charge in [-0.05, 0) is 88.1 Å². The Morgan fingerprint density at radius 3 is 1.49 bits per heavy atom. The molecule has 30 heteroatoms. The first-order valence-electron chi connectivity index (χ1n) is 28.5. The van der Waals surface area contributed by atoms with Crippen LogP contribution in [0.15, 0.2) is 97.6 Å². The van der Waals surface area contributed by atoms with Gasteiger partial charge in [-0.25, -0.2) is 28.1 Å². The number of fused-ring (bicyclic) bond motifs is 3. The number of hydrogen-bond donors (Lipinski definition) is 6. The highest BCUT2D eigenvalue weighted by Crippen LogP contribution is 2.52. The Balaban J connectivity index is 0.000000278. The van der Waals surface area contributed by atoms with E-state index in [2.05, 4.69) is 36.4 Å². The first kappa shape index (κ1) is 70.9. The van der Waals surface area contributed by atoms with Crippen LogP contribution in [0.4, 0.5) is 11.6 Å². The van der Waals surface area contributed by atoms with Gasteiger partial charge < -0.3 is 59.1 Å². The topological polar surface area (TPSA) is 385 Å². The molecule has 7 heterocycles. The summed E-state index contributed by atoms with van der Waals surface area (Å²) < 4.78 is 89.4. The maximum absolute atomic E-state index is 14.2. The average Bonchev–Trinajstić information content (AvgIpc) is 1.61. The Morgan fingerprint density at radius 2 is 1.07 bits per heavy atom. The number of para-hydroxylation sites is 2. The molecule has 0 radical (unpaired) electrons. The van der Waals surface area contributed by atoms with Crippen LogP contribution < -0.4 is 30.7 Å². The zero-order valence-electron chi connectivity index (χ0n) is 49.4. The van der Waals surface area contributed by atoms with Crippen LogP contribution in [0.2, 0.25) is 0 Å². The maximum Gasteiger partial charge on any atom is 0.459 e. The van der Waals surface area contributed by atoms with E-state index in [0.29, 0.717) is 16.7 Å². The highest BCUT2D eigenvalue weighted by molar-refractivity contribution is 7.52. The average molecular weight is 1280 g/mol. The summed E-state index contributed by atoms with van der Waals surface area (Å²) in [6.45, 7) is 14.0. The molecule has 9 rings (SSSR count). The molecule has 0 aliphatic carbocycles. The van der Waals surface area contributed by atoms with Crippen LogP contribution in [-0.4, -0.2) is 132 Å². The predicted molar refractivity (Wildman–Crippen MR) is 325 cm³/mol. The molecular weight excluding hydrogens is 1190 g/mol. The number of rotatable bonds is 26. The van der Waals surface area contributed by atoms with Crippen molar-refractivity contribution in [3.8, 4) is 23.6 Å². The minimum atomic E-state index is -4.32. The molecule has 0 saturated carbocycles. The number of benzene rings is 2. The molecule has 12 atom stereocenters. The molecule has 3 fully saturated rings. The number of ether oxygens (including phenoxy) is 6. The first-order valence-corrected chi connectivity index (χ1v) is 31.5. The number of nitrogens with one attached hydrogen (secondary N) is 2. The number of aliphatic hydroxyl groups excluding tert-OH is 2. The van der Waals surface area contributed by atoms with Crippen LogP contribution in [-0.2, 0) is 67.4 Å². The highest BCUT2D eigenvalue weighted by Gasteiger charge is 2.66. The number of aromatic nitrogens is 6. The molecule has 0 spiro atoms. The van der Waals surface area contributed by atoms with E-state index in [1.54, 1.807) is 92.7 Å². The number of nitrogens with two attached hydrogens (primary N) is 2. The lowest BCUT2D eigenvalue weighted by Crippen LogP contribution is -2.41. The van der Waals surface area contributed by atoms with Crippen molar-refractivity contribution in [3.05, 3.63) is 109 Å². The second-order valence-electron chi connectivity index (χ2n) is 21.5. The zero-order chi connectivity index (χ0) is 62.9. The minimum Gasteiger partial charge on any atom is -0.464 e. The summed E-state index contributed by atoms with van der Waals surface area (Å²) in [5.74, 6) is -1.12. The molecule has 6 aromatic rings. The zero-order valence-corrected chi connectivity index (χ0v) is 51.2. The number of esters is 2. The quantitative estimate of drug-likeness (QED) is 0.0224. The van der Waals surface area contributed by atoms with Crippen LogP contribution in [0.5, 0.6) is 11.5 Å². The van der Waals surface area contributed by atoms with Crippen LogP contribution in [0, 0.1) is 34.5 Å². The normalized spacial score (nSPS) is 24.5. The Morgan fingerprint density at radius 1 is 0.652 bits per heavy atom. The van der Waals surface area contributed by atoms with Crippen LogP contribution in [0.3, 0.4) is 0 Å². The number of carbonyl (C=O) groups excluding carboxylic acids is 2. The molecule has 4 aromatic heterocycles. The number of carbonyl (C=O) groups is 2. The summed E-state index contributed by atoms with van der Waals surface area (Å²) >= 11 is 0. The van der Waals surface area contributed by atoms with E-state index in [4.69, 9.17) is 58.0 Å². The van der Waals surface area contributed by atoms with Gasteiger partial charge in [-0.15, -0.1) is 0 Å². The fourth-order valence-corrected chi connectivity index (χ4v) is 13.1. The van der Waals surface area contributed by atoms with E-state index in [9.17, 15) is 39.5 Å². The minimum absolute atomic E-state index is 0. The second-order valence-corrected chi connectivity index (χ2v) is 24.9. The lowest BCUT2D eigenvalue weighted by atomic mass is 9.92. The fourth-order valence-electron chi connectivity index (χ4n) is 10.1. The van der Waals surface area contributed by atoms with E-state index in [-0.39, 0.29) is 75.3 Å². The second kappa shape index (κ2) is 30.1. The van der Waals surface area contributed by atoms with Crippen LogP contribution >= 0.6 is 15.5 Å². The molecule has 0 bridgehead atoms. The maximum atomic E-state index is 14.2.